The third kappa shape index (κ3) is 3.47. The predicted molar refractivity (Wildman–Crippen MR) is 86.5 cm³/mol. The summed E-state index contributed by atoms with van der Waals surface area (Å²) in [7, 11) is 4.29. The van der Waals surface area contributed by atoms with Crippen LogP contribution in [0.15, 0.2) is 35.5 Å². The molecule has 3 rings (SSSR count). The molecular formula is C16H22N4S. The molecule has 21 heavy (non-hydrogen) atoms. The second-order valence-corrected chi connectivity index (χ2v) is 6.69. The van der Waals surface area contributed by atoms with Gasteiger partial charge >= 0.3 is 0 Å². The molecule has 0 atom stereocenters. The second-order valence-electron chi connectivity index (χ2n) is 5.75. The molecule has 0 bridgehead atoms. The van der Waals surface area contributed by atoms with Crippen molar-refractivity contribution in [3.63, 3.8) is 0 Å². The Morgan fingerprint density at radius 1 is 1.10 bits per heavy atom. The molecule has 2 heterocycles. The average Bonchev–Trinajstić information content (AvgIpc) is 2.88. The van der Waals surface area contributed by atoms with Crippen LogP contribution < -0.4 is 0 Å². The van der Waals surface area contributed by atoms with Gasteiger partial charge in [0.15, 0.2) is 5.16 Å². The lowest BCUT2D eigenvalue weighted by Crippen LogP contribution is -2.30. The Morgan fingerprint density at radius 2 is 1.81 bits per heavy atom. The van der Waals surface area contributed by atoms with Gasteiger partial charge in [-0.2, -0.15) is 0 Å². The topological polar surface area (TPSA) is 34.0 Å². The third-order valence-corrected chi connectivity index (χ3v) is 5.25. The van der Waals surface area contributed by atoms with Crippen molar-refractivity contribution in [2.24, 2.45) is 7.05 Å². The minimum Gasteiger partial charge on any atom is -0.309 e. The Morgan fingerprint density at radius 3 is 2.52 bits per heavy atom. The third-order valence-electron chi connectivity index (χ3n) is 4.16. The van der Waals surface area contributed by atoms with Gasteiger partial charge in [0, 0.05) is 18.7 Å². The molecular weight excluding hydrogens is 280 g/mol. The van der Waals surface area contributed by atoms with Crippen molar-refractivity contribution in [3.05, 3.63) is 41.7 Å². The van der Waals surface area contributed by atoms with Crippen molar-refractivity contribution < 1.29 is 0 Å². The van der Waals surface area contributed by atoms with E-state index in [0.717, 1.165) is 29.8 Å². The van der Waals surface area contributed by atoms with Gasteiger partial charge in [-0.1, -0.05) is 42.1 Å². The lowest BCUT2D eigenvalue weighted by atomic mass is 9.96. The summed E-state index contributed by atoms with van der Waals surface area (Å²) in [6, 6.07) is 10.5. The highest BCUT2D eigenvalue weighted by Crippen LogP contribution is 2.29. The molecule has 0 spiro atoms. The van der Waals surface area contributed by atoms with Gasteiger partial charge in [0.2, 0.25) is 0 Å². The van der Waals surface area contributed by atoms with Gasteiger partial charge in [-0.25, -0.2) is 0 Å². The van der Waals surface area contributed by atoms with Crippen LogP contribution in [0.3, 0.4) is 0 Å². The van der Waals surface area contributed by atoms with Crippen molar-refractivity contribution in [3.8, 4) is 0 Å². The Kier molecular flexibility index (Phi) is 4.60. The highest BCUT2D eigenvalue weighted by atomic mass is 32.2. The van der Waals surface area contributed by atoms with Crippen LogP contribution >= 0.6 is 11.8 Å². The lowest BCUT2D eigenvalue weighted by Gasteiger charge is -2.28. The van der Waals surface area contributed by atoms with Crippen molar-refractivity contribution in [2.45, 2.75) is 29.7 Å². The van der Waals surface area contributed by atoms with Crippen molar-refractivity contribution in [1.29, 1.82) is 0 Å². The first-order valence-electron chi connectivity index (χ1n) is 7.48. The first-order valence-corrected chi connectivity index (χ1v) is 8.47. The summed E-state index contributed by atoms with van der Waals surface area (Å²) < 4.78 is 2.18. The molecule has 5 heteroatoms. The van der Waals surface area contributed by atoms with Crippen LogP contribution in [0.1, 0.15) is 30.1 Å². The zero-order valence-corrected chi connectivity index (χ0v) is 13.5. The number of likely N-dealkylation sites (tertiary alicyclic amines) is 1. The minimum absolute atomic E-state index is 0.560. The molecule has 0 saturated carbocycles. The van der Waals surface area contributed by atoms with Crippen LogP contribution in [0.4, 0.5) is 0 Å². The number of benzene rings is 1. The molecule has 0 amide bonds. The fourth-order valence-electron chi connectivity index (χ4n) is 2.80. The van der Waals surface area contributed by atoms with Crippen LogP contribution in [0.2, 0.25) is 0 Å². The van der Waals surface area contributed by atoms with Gasteiger partial charge in [-0.05, 0) is 38.5 Å². The molecule has 1 saturated heterocycles. The summed E-state index contributed by atoms with van der Waals surface area (Å²) in [5.41, 5.74) is 1.33. The highest BCUT2D eigenvalue weighted by molar-refractivity contribution is 7.98. The van der Waals surface area contributed by atoms with E-state index in [9.17, 15) is 0 Å². The standard InChI is InChI=1S/C16H22N4S/c1-19-10-8-14(9-11-19)15-17-18-16(20(15)2)21-12-13-6-4-3-5-7-13/h3-7,14H,8-12H2,1-2H3. The summed E-state index contributed by atoms with van der Waals surface area (Å²) >= 11 is 1.76. The zero-order chi connectivity index (χ0) is 14.7. The van der Waals surface area contributed by atoms with E-state index in [0.29, 0.717) is 5.92 Å². The van der Waals surface area contributed by atoms with E-state index in [1.807, 2.05) is 0 Å². The number of rotatable bonds is 4. The van der Waals surface area contributed by atoms with Crippen molar-refractivity contribution in [1.82, 2.24) is 19.7 Å². The molecule has 1 fully saturated rings. The summed E-state index contributed by atoms with van der Waals surface area (Å²) in [4.78, 5) is 2.39. The van der Waals surface area contributed by atoms with Crippen molar-refractivity contribution in [2.75, 3.05) is 20.1 Å². The van der Waals surface area contributed by atoms with Gasteiger partial charge in [-0.15, -0.1) is 10.2 Å². The molecule has 2 aromatic rings. The molecule has 0 N–H and O–H groups in total. The Balaban J connectivity index is 1.65. The Labute approximate surface area is 130 Å². The van der Waals surface area contributed by atoms with Gasteiger partial charge in [0.1, 0.15) is 5.82 Å². The Bertz CT molecular complexity index is 573. The molecule has 0 aliphatic carbocycles. The molecule has 0 unspecified atom stereocenters. The first kappa shape index (κ1) is 14.6. The van der Waals surface area contributed by atoms with Crippen LogP contribution in [0.25, 0.3) is 0 Å². The van der Waals surface area contributed by atoms with Crippen LogP contribution in [-0.4, -0.2) is 39.8 Å². The molecule has 1 aliphatic heterocycles. The maximum atomic E-state index is 4.45. The number of aromatic nitrogens is 3. The molecule has 0 radical (unpaired) electrons. The van der Waals surface area contributed by atoms with Crippen LogP contribution in [-0.2, 0) is 12.8 Å². The van der Waals surface area contributed by atoms with Gasteiger partial charge in [0.05, 0.1) is 0 Å². The summed E-state index contributed by atoms with van der Waals surface area (Å²) in [5, 5.41) is 9.86. The van der Waals surface area contributed by atoms with Crippen LogP contribution in [0.5, 0.6) is 0 Å². The number of thioether (sulfide) groups is 1. The van der Waals surface area contributed by atoms with E-state index < -0.39 is 0 Å². The van der Waals surface area contributed by atoms with Gasteiger partial charge in [0.25, 0.3) is 0 Å². The number of nitrogens with zero attached hydrogens (tertiary/aromatic N) is 4. The second kappa shape index (κ2) is 6.62. The van der Waals surface area contributed by atoms with Crippen molar-refractivity contribution >= 4 is 11.8 Å². The summed E-state index contributed by atoms with van der Waals surface area (Å²) in [5.74, 6) is 2.66. The molecule has 1 aromatic carbocycles. The van der Waals surface area contributed by atoms with Gasteiger partial charge < -0.3 is 9.47 Å². The largest absolute Gasteiger partial charge is 0.309 e. The van der Waals surface area contributed by atoms with E-state index in [2.05, 4.69) is 64.1 Å². The van der Waals surface area contributed by atoms with E-state index in [-0.39, 0.29) is 0 Å². The quantitative estimate of drug-likeness (QED) is 0.813. The smallest absolute Gasteiger partial charge is 0.191 e. The van der Waals surface area contributed by atoms with Crippen LogP contribution in [0, 0.1) is 0 Å². The zero-order valence-electron chi connectivity index (χ0n) is 12.7. The number of piperidine rings is 1. The molecule has 1 aromatic heterocycles. The summed E-state index contributed by atoms with van der Waals surface area (Å²) in [6.07, 6.45) is 2.37. The van der Waals surface area contributed by atoms with E-state index >= 15 is 0 Å². The Hall–Kier alpha value is -1.33. The fraction of sp³-hybridized carbons (Fsp3) is 0.500. The number of hydrogen-bond donors (Lipinski definition) is 0. The molecule has 4 nitrogen and oxygen atoms in total. The highest BCUT2D eigenvalue weighted by Gasteiger charge is 2.23. The van der Waals surface area contributed by atoms with E-state index in [1.165, 1.54) is 18.4 Å². The maximum Gasteiger partial charge on any atom is 0.191 e. The summed E-state index contributed by atoms with van der Waals surface area (Å²) in [6.45, 7) is 2.31. The lowest BCUT2D eigenvalue weighted by molar-refractivity contribution is 0.249. The maximum absolute atomic E-state index is 4.45. The fourth-order valence-corrected chi connectivity index (χ4v) is 3.67. The first-order chi connectivity index (χ1) is 10.2. The minimum atomic E-state index is 0.560. The molecule has 1 aliphatic rings. The monoisotopic (exact) mass is 302 g/mol. The van der Waals surface area contributed by atoms with E-state index in [4.69, 9.17) is 0 Å². The van der Waals surface area contributed by atoms with Gasteiger partial charge in [-0.3, -0.25) is 0 Å². The average molecular weight is 302 g/mol. The predicted octanol–water partition coefficient (Wildman–Crippen LogP) is 2.92. The SMILES string of the molecule is CN1CCC(c2nnc(SCc3ccccc3)n2C)CC1. The molecule has 112 valence electrons. The van der Waals surface area contributed by atoms with E-state index in [1.54, 1.807) is 11.8 Å². The number of hydrogen-bond acceptors (Lipinski definition) is 4. The normalized spacial score (nSPS) is 17.2.